The van der Waals surface area contributed by atoms with Crippen molar-refractivity contribution in [2.24, 2.45) is 5.73 Å². The third-order valence-corrected chi connectivity index (χ3v) is 3.50. The molecule has 0 saturated heterocycles. The lowest BCUT2D eigenvalue weighted by molar-refractivity contribution is 0.988. The Bertz CT molecular complexity index is 200. The predicted octanol–water partition coefficient (Wildman–Crippen LogP) is 2.32. The molecule has 0 aromatic carbocycles. The SMILES string of the molecule is Cc1sc(CCN)cc1Br. The van der Waals surface area contributed by atoms with Gasteiger partial charge in [-0.3, -0.25) is 0 Å². The highest BCUT2D eigenvalue weighted by Gasteiger charge is 2.00. The number of halogens is 1. The molecule has 1 rings (SSSR count). The topological polar surface area (TPSA) is 26.0 Å². The van der Waals surface area contributed by atoms with Crippen molar-refractivity contribution in [3.63, 3.8) is 0 Å². The highest BCUT2D eigenvalue weighted by atomic mass is 79.9. The van der Waals surface area contributed by atoms with Gasteiger partial charge in [-0.1, -0.05) is 0 Å². The first-order valence-corrected chi connectivity index (χ1v) is 4.80. The molecule has 0 unspecified atom stereocenters. The van der Waals surface area contributed by atoms with Crippen molar-refractivity contribution in [2.75, 3.05) is 6.54 Å². The van der Waals surface area contributed by atoms with Crippen molar-refractivity contribution in [1.82, 2.24) is 0 Å². The fourth-order valence-corrected chi connectivity index (χ4v) is 2.40. The van der Waals surface area contributed by atoms with Crippen LogP contribution < -0.4 is 5.73 Å². The molecule has 2 N–H and O–H groups in total. The van der Waals surface area contributed by atoms with Gasteiger partial charge in [-0.05, 0) is 41.9 Å². The molecule has 0 aliphatic rings. The summed E-state index contributed by atoms with van der Waals surface area (Å²) in [5.74, 6) is 0. The minimum atomic E-state index is 0.742. The quantitative estimate of drug-likeness (QED) is 0.813. The summed E-state index contributed by atoms with van der Waals surface area (Å²) in [4.78, 5) is 2.70. The van der Waals surface area contributed by atoms with Gasteiger partial charge in [0.1, 0.15) is 0 Å². The average Bonchev–Trinajstić information content (AvgIpc) is 2.14. The van der Waals surface area contributed by atoms with Crippen LogP contribution in [-0.2, 0) is 6.42 Å². The summed E-state index contributed by atoms with van der Waals surface area (Å²) in [7, 11) is 0. The molecule has 0 aliphatic carbocycles. The van der Waals surface area contributed by atoms with E-state index in [0.29, 0.717) is 0 Å². The monoisotopic (exact) mass is 219 g/mol. The normalized spacial score (nSPS) is 10.3. The zero-order valence-corrected chi connectivity index (χ0v) is 8.26. The van der Waals surface area contributed by atoms with Gasteiger partial charge in [0.05, 0.1) is 0 Å². The van der Waals surface area contributed by atoms with Gasteiger partial charge in [-0.2, -0.15) is 0 Å². The Morgan fingerprint density at radius 1 is 1.70 bits per heavy atom. The van der Waals surface area contributed by atoms with Crippen LogP contribution in [0.1, 0.15) is 9.75 Å². The average molecular weight is 220 g/mol. The molecular weight excluding hydrogens is 210 g/mol. The standard InChI is InChI=1S/C7H10BrNS/c1-5-7(8)4-6(10-5)2-3-9/h4H,2-3,9H2,1H3. The van der Waals surface area contributed by atoms with Gasteiger partial charge in [0.25, 0.3) is 0 Å². The lowest BCUT2D eigenvalue weighted by Gasteiger charge is -1.87. The maximum absolute atomic E-state index is 5.41. The first-order chi connectivity index (χ1) is 4.74. The molecule has 0 radical (unpaired) electrons. The molecule has 1 nitrogen and oxygen atoms in total. The summed E-state index contributed by atoms with van der Waals surface area (Å²) < 4.78 is 1.21. The minimum Gasteiger partial charge on any atom is -0.330 e. The maximum Gasteiger partial charge on any atom is 0.0314 e. The maximum atomic E-state index is 5.41. The number of nitrogens with two attached hydrogens (primary N) is 1. The van der Waals surface area contributed by atoms with Crippen LogP contribution in [0.25, 0.3) is 0 Å². The van der Waals surface area contributed by atoms with Gasteiger partial charge in [0, 0.05) is 14.2 Å². The second-order valence-electron chi connectivity index (χ2n) is 2.16. The van der Waals surface area contributed by atoms with Crippen molar-refractivity contribution in [3.8, 4) is 0 Å². The van der Waals surface area contributed by atoms with Crippen molar-refractivity contribution in [3.05, 3.63) is 20.3 Å². The molecule has 0 bridgehead atoms. The highest BCUT2D eigenvalue weighted by molar-refractivity contribution is 9.10. The van der Waals surface area contributed by atoms with Crippen molar-refractivity contribution >= 4 is 27.3 Å². The second-order valence-corrected chi connectivity index (χ2v) is 4.35. The lowest BCUT2D eigenvalue weighted by atomic mass is 10.3. The van der Waals surface area contributed by atoms with Crippen LogP contribution in [0.5, 0.6) is 0 Å². The first-order valence-electron chi connectivity index (χ1n) is 3.19. The first kappa shape index (κ1) is 8.24. The van der Waals surface area contributed by atoms with E-state index < -0.39 is 0 Å². The fourth-order valence-electron chi connectivity index (χ4n) is 0.783. The van der Waals surface area contributed by atoms with Crippen LogP contribution in [0.4, 0.5) is 0 Å². The third-order valence-electron chi connectivity index (χ3n) is 1.30. The van der Waals surface area contributed by atoms with Gasteiger partial charge < -0.3 is 5.73 Å². The number of rotatable bonds is 2. The van der Waals surface area contributed by atoms with Crippen molar-refractivity contribution in [2.45, 2.75) is 13.3 Å². The van der Waals surface area contributed by atoms with Crippen LogP contribution in [-0.4, -0.2) is 6.54 Å². The highest BCUT2D eigenvalue weighted by Crippen LogP contribution is 2.26. The van der Waals surface area contributed by atoms with E-state index in [-0.39, 0.29) is 0 Å². The lowest BCUT2D eigenvalue weighted by Crippen LogP contribution is -2.00. The summed E-state index contributed by atoms with van der Waals surface area (Å²) in [6.45, 7) is 2.85. The molecule has 3 heteroatoms. The fraction of sp³-hybridized carbons (Fsp3) is 0.429. The van der Waals surface area contributed by atoms with Crippen molar-refractivity contribution in [1.29, 1.82) is 0 Å². The molecule has 10 heavy (non-hydrogen) atoms. The van der Waals surface area contributed by atoms with E-state index >= 15 is 0 Å². The molecule has 56 valence electrons. The van der Waals surface area contributed by atoms with Crippen LogP contribution >= 0.6 is 27.3 Å². The Balaban J connectivity index is 2.77. The summed E-state index contributed by atoms with van der Waals surface area (Å²) in [6.07, 6.45) is 0.997. The molecule has 1 aromatic rings. The minimum absolute atomic E-state index is 0.742. The van der Waals surface area contributed by atoms with E-state index in [2.05, 4.69) is 28.9 Å². The van der Waals surface area contributed by atoms with Gasteiger partial charge in [0.2, 0.25) is 0 Å². The third kappa shape index (κ3) is 1.81. The summed E-state index contributed by atoms with van der Waals surface area (Å²) in [5.41, 5.74) is 5.41. The van der Waals surface area contributed by atoms with Crippen LogP contribution in [0.2, 0.25) is 0 Å². The molecular formula is C7H10BrNS. The number of hydrogen-bond acceptors (Lipinski definition) is 2. The molecule has 0 saturated carbocycles. The molecule has 1 aromatic heterocycles. The Hall–Kier alpha value is 0.140. The van der Waals surface area contributed by atoms with Crippen LogP contribution in [0.3, 0.4) is 0 Å². The molecule has 0 fully saturated rings. The molecule has 0 aliphatic heterocycles. The Labute approximate surface area is 73.4 Å². The summed E-state index contributed by atoms with van der Waals surface area (Å²) in [6, 6.07) is 2.15. The van der Waals surface area contributed by atoms with Gasteiger partial charge in [-0.15, -0.1) is 11.3 Å². The van der Waals surface area contributed by atoms with Crippen molar-refractivity contribution < 1.29 is 0 Å². The molecule has 1 heterocycles. The summed E-state index contributed by atoms with van der Waals surface area (Å²) in [5, 5.41) is 0. The zero-order valence-electron chi connectivity index (χ0n) is 5.86. The smallest absolute Gasteiger partial charge is 0.0314 e. The van der Waals surface area contributed by atoms with E-state index in [1.807, 2.05) is 11.3 Å². The largest absolute Gasteiger partial charge is 0.330 e. The van der Waals surface area contributed by atoms with E-state index in [4.69, 9.17) is 5.73 Å². The Morgan fingerprint density at radius 3 is 2.80 bits per heavy atom. The van der Waals surface area contributed by atoms with Gasteiger partial charge in [0.15, 0.2) is 0 Å². The molecule has 0 atom stereocenters. The Morgan fingerprint density at radius 2 is 2.40 bits per heavy atom. The number of hydrogen-bond donors (Lipinski definition) is 1. The van der Waals surface area contributed by atoms with E-state index in [0.717, 1.165) is 13.0 Å². The zero-order chi connectivity index (χ0) is 7.56. The Kier molecular flexibility index (Phi) is 2.89. The van der Waals surface area contributed by atoms with E-state index in [1.165, 1.54) is 14.2 Å². The number of aryl methyl sites for hydroxylation is 1. The van der Waals surface area contributed by atoms with Gasteiger partial charge >= 0.3 is 0 Å². The number of thiophene rings is 1. The molecule has 0 spiro atoms. The van der Waals surface area contributed by atoms with E-state index in [9.17, 15) is 0 Å². The summed E-state index contributed by atoms with van der Waals surface area (Å²) >= 11 is 5.27. The van der Waals surface area contributed by atoms with Crippen LogP contribution in [0, 0.1) is 6.92 Å². The molecule has 0 amide bonds. The van der Waals surface area contributed by atoms with Gasteiger partial charge in [-0.25, -0.2) is 0 Å². The second kappa shape index (κ2) is 3.51. The van der Waals surface area contributed by atoms with Crippen LogP contribution in [0.15, 0.2) is 10.5 Å². The van der Waals surface area contributed by atoms with E-state index in [1.54, 1.807) is 0 Å². The predicted molar refractivity (Wildman–Crippen MR) is 49.5 cm³/mol.